The molecule has 14 heavy (non-hydrogen) atoms. The monoisotopic (exact) mass is 193 g/mol. The smallest absolute Gasteiger partial charge is 0.338 e. The maximum Gasteiger partial charge on any atom is 0.338 e. The van der Waals surface area contributed by atoms with Gasteiger partial charge in [-0.05, 0) is 24.3 Å². The molecular weight excluding hydrogens is 184 g/mol. The summed E-state index contributed by atoms with van der Waals surface area (Å²) >= 11 is 0. The van der Waals surface area contributed by atoms with Crippen LogP contribution in [0.2, 0.25) is 0 Å². The molecule has 0 atom stereocenters. The largest absolute Gasteiger partial charge is 0.458 e. The quantitative estimate of drug-likeness (QED) is 0.528. The van der Waals surface area contributed by atoms with Crippen molar-refractivity contribution >= 4 is 11.9 Å². The molecule has 0 heterocycles. The average Bonchev–Trinajstić information content (AvgIpc) is 2.17. The zero-order chi connectivity index (χ0) is 10.6. The van der Waals surface area contributed by atoms with E-state index in [2.05, 4.69) is 11.8 Å². The molecule has 0 amide bonds. The fraction of sp³-hybridized carbons (Fsp3) is 0.100. The number of rotatable bonds is 2. The third kappa shape index (κ3) is 2.58. The van der Waals surface area contributed by atoms with Crippen LogP contribution in [-0.2, 0) is 9.53 Å². The third-order valence-corrected chi connectivity index (χ3v) is 1.48. The van der Waals surface area contributed by atoms with E-state index in [0.29, 0.717) is 11.3 Å². The molecule has 0 bridgehead atoms. The van der Waals surface area contributed by atoms with Crippen molar-refractivity contribution in [1.82, 2.24) is 0 Å². The third-order valence-electron chi connectivity index (χ3n) is 1.48. The molecule has 0 N–H and O–H groups in total. The van der Waals surface area contributed by atoms with Crippen LogP contribution in [0.3, 0.4) is 0 Å². The van der Waals surface area contributed by atoms with E-state index >= 15 is 0 Å². The maximum absolute atomic E-state index is 11.0. The van der Waals surface area contributed by atoms with Gasteiger partial charge in [0.2, 0.25) is 0 Å². The molecule has 0 aromatic heterocycles. The Bertz CT molecular complexity index is 340. The number of esters is 2. The molecule has 0 aliphatic rings. The summed E-state index contributed by atoms with van der Waals surface area (Å²) in [5, 5.41) is 0. The Morgan fingerprint density at radius 2 is 1.79 bits per heavy atom. The second-order valence-electron chi connectivity index (χ2n) is 2.55. The molecule has 0 aliphatic carbocycles. The number of carbonyl (C=O) groups excluding carboxylic acids is 2. The molecule has 0 aliphatic heterocycles. The summed E-state index contributed by atoms with van der Waals surface area (Å²) in [4.78, 5) is 21.5. The van der Waals surface area contributed by atoms with E-state index in [1.807, 2.05) is 0 Å². The van der Waals surface area contributed by atoms with Crippen molar-refractivity contribution in [2.24, 2.45) is 0 Å². The molecule has 0 spiro atoms. The molecule has 0 saturated heterocycles. The molecule has 1 aromatic carbocycles. The van der Waals surface area contributed by atoms with Gasteiger partial charge in [0.05, 0.1) is 5.56 Å². The molecule has 1 rings (SSSR count). The highest BCUT2D eigenvalue weighted by Crippen LogP contribution is 2.12. The molecule has 0 unspecified atom stereocenters. The first-order valence-corrected chi connectivity index (χ1v) is 3.88. The zero-order valence-corrected chi connectivity index (χ0v) is 7.65. The number of carbonyl (C=O) groups is 2. The topological polar surface area (TPSA) is 52.6 Å². The summed E-state index contributed by atoms with van der Waals surface area (Å²) in [6.45, 7) is 1.30. The van der Waals surface area contributed by atoms with Gasteiger partial charge in [-0.25, -0.2) is 4.79 Å². The van der Waals surface area contributed by atoms with Crippen LogP contribution in [0.15, 0.2) is 24.3 Å². The van der Waals surface area contributed by atoms with Crippen LogP contribution in [-0.4, -0.2) is 11.9 Å². The van der Waals surface area contributed by atoms with Crippen molar-refractivity contribution in [3.63, 3.8) is 0 Å². The standard InChI is InChI=1S/C10H9O4/c1-7(11)14-9-5-3-8(4-6-9)10(12)13-2/h3-6H,2H2,1H3. The van der Waals surface area contributed by atoms with Gasteiger partial charge in [-0.1, -0.05) is 0 Å². The predicted molar refractivity (Wildman–Crippen MR) is 48.5 cm³/mol. The van der Waals surface area contributed by atoms with Crippen LogP contribution in [0.4, 0.5) is 0 Å². The van der Waals surface area contributed by atoms with E-state index in [-0.39, 0.29) is 0 Å². The number of hydrogen-bond donors (Lipinski definition) is 0. The van der Waals surface area contributed by atoms with E-state index in [4.69, 9.17) is 4.74 Å². The molecule has 1 radical (unpaired) electrons. The highest BCUT2D eigenvalue weighted by Gasteiger charge is 2.05. The molecule has 4 heteroatoms. The normalized spacial score (nSPS) is 9.29. The van der Waals surface area contributed by atoms with Gasteiger partial charge >= 0.3 is 11.9 Å². The minimum Gasteiger partial charge on any atom is -0.458 e. The summed E-state index contributed by atoms with van der Waals surface area (Å²) in [6, 6.07) is 6.00. The van der Waals surface area contributed by atoms with Gasteiger partial charge in [0.25, 0.3) is 0 Å². The molecule has 1 aromatic rings. The lowest BCUT2D eigenvalue weighted by molar-refractivity contribution is -0.131. The second-order valence-corrected chi connectivity index (χ2v) is 2.55. The van der Waals surface area contributed by atoms with Crippen molar-refractivity contribution in [3.05, 3.63) is 36.9 Å². The Hall–Kier alpha value is -1.84. The summed E-state index contributed by atoms with van der Waals surface area (Å²) in [5.74, 6) is -0.546. The van der Waals surface area contributed by atoms with E-state index in [0.717, 1.165) is 0 Å². The Labute approximate surface area is 81.4 Å². The highest BCUT2D eigenvalue weighted by atomic mass is 16.5. The fourth-order valence-corrected chi connectivity index (χ4v) is 0.908. The summed E-state index contributed by atoms with van der Waals surface area (Å²) < 4.78 is 9.04. The van der Waals surface area contributed by atoms with Gasteiger partial charge in [0.1, 0.15) is 12.9 Å². The van der Waals surface area contributed by atoms with Gasteiger partial charge in [0.15, 0.2) is 0 Å². The Morgan fingerprint density at radius 1 is 1.21 bits per heavy atom. The lowest BCUT2D eigenvalue weighted by Gasteiger charge is -2.01. The van der Waals surface area contributed by atoms with Crippen molar-refractivity contribution < 1.29 is 19.1 Å². The zero-order valence-electron chi connectivity index (χ0n) is 7.65. The van der Waals surface area contributed by atoms with Gasteiger partial charge in [-0.15, -0.1) is 0 Å². The number of hydrogen-bond acceptors (Lipinski definition) is 4. The van der Waals surface area contributed by atoms with E-state index in [9.17, 15) is 9.59 Å². The molecular formula is C10H9O4. The van der Waals surface area contributed by atoms with Gasteiger partial charge in [-0.3, -0.25) is 4.79 Å². The fourth-order valence-electron chi connectivity index (χ4n) is 0.908. The molecule has 0 fully saturated rings. The van der Waals surface area contributed by atoms with Crippen LogP contribution in [0, 0.1) is 7.11 Å². The molecule has 73 valence electrons. The van der Waals surface area contributed by atoms with Gasteiger partial charge in [-0.2, -0.15) is 0 Å². The van der Waals surface area contributed by atoms with Crippen LogP contribution >= 0.6 is 0 Å². The predicted octanol–water partition coefficient (Wildman–Crippen LogP) is 1.56. The van der Waals surface area contributed by atoms with Crippen LogP contribution in [0.25, 0.3) is 0 Å². The van der Waals surface area contributed by atoms with E-state index in [1.165, 1.54) is 31.2 Å². The summed E-state index contributed by atoms with van der Waals surface area (Å²) in [6.07, 6.45) is 0. The Morgan fingerprint density at radius 3 is 2.21 bits per heavy atom. The minimum atomic E-state index is -0.528. The lowest BCUT2D eigenvalue weighted by atomic mass is 10.2. The molecule has 0 saturated carbocycles. The number of ether oxygens (including phenoxy) is 2. The van der Waals surface area contributed by atoms with Crippen molar-refractivity contribution in [1.29, 1.82) is 0 Å². The van der Waals surface area contributed by atoms with Crippen LogP contribution < -0.4 is 4.74 Å². The van der Waals surface area contributed by atoms with Crippen molar-refractivity contribution in [2.75, 3.05) is 0 Å². The van der Waals surface area contributed by atoms with E-state index < -0.39 is 11.9 Å². The SMILES string of the molecule is [CH2]OC(=O)c1ccc(OC(C)=O)cc1. The average molecular weight is 193 g/mol. The summed E-state index contributed by atoms with van der Waals surface area (Å²) in [7, 11) is 3.00. The van der Waals surface area contributed by atoms with Crippen molar-refractivity contribution in [3.8, 4) is 5.75 Å². The van der Waals surface area contributed by atoms with E-state index in [1.54, 1.807) is 0 Å². The van der Waals surface area contributed by atoms with Crippen LogP contribution in [0.1, 0.15) is 17.3 Å². The second kappa shape index (κ2) is 4.41. The first kappa shape index (κ1) is 10.2. The minimum absolute atomic E-state index is 0.357. The van der Waals surface area contributed by atoms with Crippen LogP contribution in [0.5, 0.6) is 5.75 Å². The molecule has 4 nitrogen and oxygen atoms in total. The number of benzene rings is 1. The Balaban J connectivity index is 2.78. The highest BCUT2D eigenvalue weighted by molar-refractivity contribution is 5.89. The lowest BCUT2D eigenvalue weighted by Crippen LogP contribution is -2.03. The first-order chi connectivity index (χ1) is 6.63. The van der Waals surface area contributed by atoms with Crippen molar-refractivity contribution in [2.45, 2.75) is 6.92 Å². The maximum atomic E-state index is 11.0. The van der Waals surface area contributed by atoms with Gasteiger partial charge in [0, 0.05) is 6.92 Å². The summed E-state index contributed by atoms with van der Waals surface area (Å²) in [5.41, 5.74) is 0.357. The van der Waals surface area contributed by atoms with Gasteiger partial charge < -0.3 is 9.47 Å². The Kier molecular flexibility index (Phi) is 3.23. The first-order valence-electron chi connectivity index (χ1n) is 3.88.